The number of carbonyl (C=O) groups excluding carboxylic acids is 2. The van der Waals surface area contributed by atoms with Crippen LogP contribution in [0.1, 0.15) is 12.8 Å². The Morgan fingerprint density at radius 2 is 1.50 bits per heavy atom. The number of carbonyl (C=O) groups is 2. The van der Waals surface area contributed by atoms with Crippen LogP contribution in [0.3, 0.4) is 0 Å². The molecule has 0 aliphatic heterocycles. The molecule has 124 valence electrons. The normalized spacial score (nSPS) is 14.8. The van der Waals surface area contributed by atoms with Gasteiger partial charge in [-0.05, 0) is 53.0 Å². The van der Waals surface area contributed by atoms with Crippen molar-refractivity contribution in [2.45, 2.75) is 12.8 Å². The molecular formula is C17H13BrF2N2O2. The second-order valence-corrected chi connectivity index (χ2v) is 6.42. The van der Waals surface area contributed by atoms with E-state index in [0.29, 0.717) is 23.0 Å². The van der Waals surface area contributed by atoms with Gasteiger partial charge in [0.15, 0.2) is 0 Å². The minimum atomic E-state index is -1.30. The lowest BCUT2D eigenvalue weighted by molar-refractivity contribution is -0.131. The number of hydrogen-bond acceptors (Lipinski definition) is 2. The van der Waals surface area contributed by atoms with E-state index in [2.05, 4.69) is 26.6 Å². The van der Waals surface area contributed by atoms with Crippen molar-refractivity contribution in [3.05, 3.63) is 58.6 Å². The van der Waals surface area contributed by atoms with Gasteiger partial charge in [-0.2, -0.15) is 0 Å². The molecule has 0 heterocycles. The van der Waals surface area contributed by atoms with E-state index in [0.717, 1.165) is 12.1 Å². The maximum Gasteiger partial charge on any atom is 0.240 e. The molecule has 1 fully saturated rings. The Labute approximate surface area is 145 Å². The lowest BCUT2D eigenvalue weighted by Gasteiger charge is -2.16. The molecule has 3 rings (SSSR count). The van der Waals surface area contributed by atoms with E-state index in [1.165, 1.54) is 6.07 Å². The van der Waals surface area contributed by atoms with Gasteiger partial charge in [0, 0.05) is 4.47 Å². The first-order valence-electron chi connectivity index (χ1n) is 7.25. The molecule has 0 atom stereocenters. The summed E-state index contributed by atoms with van der Waals surface area (Å²) >= 11 is 3.31. The fourth-order valence-electron chi connectivity index (χ4n) is 2.34. The molecule has 4 nitrogen and oxygen atoms in total. The maximum absolute atomic E-state index is 13.7. The molecule has 7 heteroatoms. The van der Waals surface area contributed by atoms with Gasteiger partial charge in [-0.3, -0.25) is 9.59 Å². The Morgan fingerprint density at radius 3 is 2.08 bits per heavy atom. The fourth-order valence-corrected chi connectivity index (χ4v) is 2.72. The van der Waals surface area contributed by atoms with Gasteiger partial charge in [0.05, 0.1) is 5.69 Å². The number of anilines is 2. The van der Waals surface area contributed by atoms with Crippen LogP contribution in [0.2, 0.25) is 0 Å². The van der Waals surface area contributed by atoms with Crippen molar-refractivity contribution in [3.63, 3.8) is 0 Å². The van der Waals surface area contributed by atoms with Gasteiger partial charge in [-0.15, -0.1) is 0 Å². The Kier molecular flexibility index (Phi) is 4.36. The highest BCUT2D eigenvalue weighted by Crippen LogP contribution is 2.48. The third-order valence-electron chi connectivity index (χ3n) is 3.94. The van der Waals surface area contributed by atoms with Crippen molar-refractivity contribution >= 4 is 39.1 Å². The Bertz CT molecular complexity index is 802. The number of amides is 2. The van der Waals surface area contributed by atoms with Crippen LogP contribution in [0.4, 0.5) is 20.2 Å². The number of halogens is 3. The minimum absolute atomic E-state index is 0.325. The first-order valence-corrected chi connectivity index (χ1v) is 8.05. The molecule has 0 radical (unpaired) electrons. The molecule has 24 heavy (non-hydrogen) atoms. The number of benzene rings is 2. The third kappa shape index (κ3) is 3.03. The summed E-state index contributed by atoms with van der Waals surface area (Å²) in [6.07, 6.45) is 0.649. The monoisotopic (exact) mass is 394 g/mol. The zero-order chi connectivity index (χ0) is 17.3. The first-order chi connectivity index (χ1) is 11.4. The summed E-state index contributed by atoms with van der Waals surface area (Å²) in [7, 11) is 0. The summed E-state index contributed by atoms with van der Waals surface area (Å²) in [5.74, 6) is -2.98. The van der Waals surface area contributed by atoms with Crippen LogP contribution in [0.25, 0.3) is 0 Å². The minimum Gasteiger partial charge on any atom is -0.324 e. The smallest absolute Gasteiger partial charge is 0.240 e. The standard InChI is InChI=1S/C17H13BrF2N2O2/c18-10-4-1-2-7-13(10)21-15(23)17(8-9-17)16(24)22-14-11(19)5-3-6-12(14)20/h1-7H,8-9H2,(H,21,23)(H,22,24). The van der Waals surface area contributed by atoms with Crippen molar-refractivity contribution < 1.29 is 18.4 Å². The van der Waals surface area contributed by atoms with E-state index in [9.17, 15) is 18.4 Å². The van der Waals surface area contributed by atoms with Crippen LogP contribution < -0.4 is 10.6 Å². The Hall–Kier alpha value is -2.28. The third-order valence-corrected chi connectivity index (χ3v) is 4.63. The molecule has 0 spiro atoms. The van der Waals surface area contributed by atoms with Crippen LogP contribution in [0, 0.1) is 17.0 Å². The summed E-state index contributed by atoms with van der Waals surface area (Å²) in [4.78, 5) is 24.9. The van der Waals surface area contributed by atoms with Crippen LogP contribution in [0.15, 0.2) is 46.9 Å². The molecule has 2 N–H and O–H groups in total. The van der Waals surface area contributed by atoms with Crippen molar-refractivity contribution in [1.82, 2.24) is 0 Å². The van der Waals surface area contributed by atoms with Gasteiger partial charge >= 0.3 is 0 Å². The van der Waals surface area contributed by atoms with E-state index >= 15 is 0 Å². The Balaban J connectivity index is 1.77. The Morgan fingerprint density at radius 1 is 0.917 bits per heavy atom. The predicted octanol–water partition coefficient (Wildman–Crippen LogP) is 4.08. The van der Waals surface area contributed by atoms with E-state index in [4.69, 9.17) is 0 Å². The van der Waals surface area contributed by atoms with E-state index in [1.807, 2.05) is 0 Å². The molecule has 0 bridgehead atoms. The molecule has 0 aromatic heterocycles. The molecule has 2 aromatic rings. The summed E-state index contributed by atoms with van der Waals surface area (Å²) < 4.78 is 28.0. The first kappa shape index (κ1) is 16.6. The molecule has 1 aliphatic carbocycles. The van der Waals surface area contributed by atoms with Gasteiger partial charge in [-0.1, -0.05) is 18.2 Å². The van der Waals surface area contributed by atoms with E-state index < -0.39 is 34.6 Å². The predicted molar refractivity (Wildman–Crippen MR) is 89.4 cm³/mol. The SMILES string of the molecule is O=C(Nc1ccccc1Br)C1(C(=O)Nc2c(F)cccc2F)CC1. The van der Waals surface area contributed by atoms with Crippen molar-refractivity contribution in [3.8, 4) is 0 Å². The topological polar surface area (TPSA) is 58.2 Å². The van der Waals surface area contributed by atoms with Crippen molar-refractivity contribution in [1.29, 1.82) is 0 Å². The zero-order valence-electron chi connectivity index (χ0n) is 12.4. The molecule has 0 saturated heterocycles. The summed E-state index contributed by atoms with van der Waals surface area (Å²) in [6.45, 7) is 0. The molecular weight excluding hydrogens is 382 g/mol. The summed E-state index contributed by atoms with van der Waals surface area (Å²) in [5, 5.41) is 4.88. The van der Waals surface area contributed by atoms with Gasteiger partial charge in [0.2, 0.25) is 11.8 Å². The average Bonchev–Trinajstić information content (AvgIpc) is 3.35. The van der Waals surface area contributed by atoms with Crippen molar-refractivity contribution in [2.75, 3.05) is 10.6 Å². The largest absolute Gasteiger partial charge is 0.324 e. The maximum atomic E-state index is 13.7. The number of para-hydroxylation sites is 2. The molecule has 2 amide bonds. The van der Waals surface area contributed by atoms with E-state index in [-0.39, 0.29) is 0 Å². The molecule has 2 aromatic carbocycles. The lowest BCUT2D eigenvalue weighted by atomic mass is 10.0. The van der Waals surface area contributed by atoms with E-state index in [1.54, 1.807) is 24.3 Å². The fraction of sp³-hybridized carbons (Fsp3) is 0.176. The average molecular weight is 395 g/mol. The van der Waals surface area contributed by atoms with Gasteiger partial charge < -0.3 is 10.6 Å². The summed E-state index contributed by atoms with van der Waals surface area (Å²) in [6, 6.07) is 10.3. The highest BCUT2D eigenvalue weighted by Gasteiger charge is 2.56. The quantitative estimate of drug-likeness (QED) is 0.767. The summed E-state index contributed by atoms with van der Waals surface area (Å²) in [5.41, 5.74) is -1.31. The highest BCUT2D eigenvalue weighted by molar-refractivity contribution is 9.10. The van der Waals surface area contributed by atoms with Crippen LogP contribution >= 0.6 is 15.9 Å². The number of nitrogens with one attached hydrogen (secondary N) is 2. The zero-order valence-corrected chi connectivity index (χ0v) is 14.0. The number of hydrogen-bond donors (Lipinski definition) is 2. The number of rotatable bonds is 4. The second-order valence-electron chi connectivity index (χ2n) is 5.57. The molecule has 0 unspecified atom stereocenters. The lowest BCUT2D eigenvalue weighted by Crippen LogP contribution is -2.36. The van der Waals surface area contributed by atoms with Crippen LogP contribution in [-0.2, 0) is 9.59 Å². The highest BCUT2D eigenvalue weighted by atomic mass is 79.9. The van der Waals surface area contributed by atoms with Crippen molar-refractivity contribution in [2.24, 2.45) is 5.41 Å². The van der Waals surface area contributed by atoms with Gasteiger partial charge in [0.1, 0.15) is 22.7 Å². The van der Waals surface area contributed by atoms with Crippen LogP contribution in [0.5, 0.6) is 0 Å². The molecule has 1 aliphatic rings. The van der Waals surface area contributed by atoms with Gasteiger partial charge in [0.25, 0.3) is 0 Å². The van der Waals surface area contributed by atoms with Gasteiger partial charge in [-0.25, -0.2) is 8.78 Å². The second kappa shape index (κ2) is 6.32. The molecule has 1 saturated carbocycles. The van der Waals surface area contributed by atoms with Crippen LogP contribution in [-0.4, -0.2) is 11.8 Å².